The van der Waals surface area contributed by atoms with Crippen molar-refractivity contribution in [2.24, 2.45) is 5.16 Å². The third-order valence-electron chi connectivity index (χ3n) is 3.85. The quantitative estimate of drug-likeness (QED) is 0.353. The van der Waals surface area contributed by atoms with Gasteiger partial charge in [0.15, 0.2) is 0 Å². The van der Waals surface area contributed by atoms with E-state index in [1.165, 1.54) is 18.3 Å². The molecule has 7 heteroatoms. The lowest BCUT2D eigenvalue weighted by Crippen LogP contribution is -2.15. The van der Waals surface area contributed by atoms with Crippen LogP contribution in [0.25, 0.3) is 0 Å². The second-order valence-corrected chi connectivity index (χ2v) is 5.82. The van der Waals surface area contributed by atoms with Crippen molar-refractivity contribution in [2.75, 3.05) is 6.61 Å². The van der Waals surface area contributed by atoms with Crippen LogP contribution in [0.3, 0.4) is 0 Å². The van der Waals surface area contributed by atoms with Crippen LogP contribution < -0.4 is 9.47 Å². The monoisotopic (exact) mass is 378 g/mol. The predicted molar refractivity (Wildman–Crippen MR) is 102 cm³/mol. The van der Waals surface area contributed by atoms with Crippen LogP contribution in [0.5, 0.6) is 11.5 Å². The van der Waals surface area contributed by atoms with Crippen LogP contribution in [-0.4, -0.2) is 33.6 Å². The van der Waals surface area contributed by atoms with Gasteiger partial charge in [0.2, 0.25) is 0 Å². The molecule has 1 heterocycles. The number of aromatic carboxylic acids is 1. The van der Waals surface area contributed by atoms with Crippen LogP contribution in [0.2, 0.25) is 0 Å². The smallest absolute Gasteiger partial charge is 0.335 e. The molecule has 0 saturated heterocycles. The maximum absolute atomic E-state index is 11.1. The molecule has 0 spiro atoms. The van der Waals surface area contributed by atoms with Gasteiger partial charge in [-0.1, -0.05) is 41.6 Å². The molecule has 0 fully saturated rings. The summed E-state index contributed by atoms with van der Waals surface area (Å²) in [6.07, 6.45) is 1.34. The van der Waals surface area contributed by atoms with E-state index in [1.54, 1.807) is 18.2 Å². The van der Waals surface area contributed by atoms with Crippen molar-refractivity contribution in [1.29, 1.82) is 0 Å². The number of benzene rings is 2. The molecule has 1 aromatic heterocycles. The molecule has 142 valence electrons. The van der Waals surface area contributed by atoms with Crippen molar-refractivity contribution in [2.45, 2.75) is 6.61 Å². The first kappa shape index (κ1) is 18.9. The Morgan fingerprint density at radius 2 is 1.71 bits per heavy atom. The maximum Gasteiger partial charge on any atom is 0.335 e. The van der Waals surface area contributed by atoms with Crippen molar-refractivity contribution in [3.05, 3.63) is 89.7 Å². The SMILES string of the molecule is O=C(O)c1ccnc(/C(COc2cccc(OCc3ccccc3)c2)=N/O)c1. The zero-order valence-electron chi connectivity index (χ0n) is 14.9. The molecule has 0 radical (unpaired) electrons. The van der Waals surface area contributed by atoms with E-state index in [2.05, 4.69) is 10.1 Å². The van der Waals surface area contributed by atoms with Crippen molar-refractivity contribution in [3.63, 3.8) is 0 Å². The molecule has 2 aromatic carbocycles. The van der Waals surface area contributed by atoms with Gasteiger partial charge in [-0.25, -0.2) is 4.79 Å². The first-order chi connectivity index (χ1) is 13.7. The summed E-state index contributed by atoms with van der Waals surface area (Å²) in [6, 6.07) is 19.5. The van der Waals surface area contributed by atoms with Gasteiger partial charge in [0.25, 0.3) is 0 Å². The Hall–Kier alpha value is -3.87. The molecule has 0 aliphatic rings. The summed E-state index contributed by atoms with van der Waals surface area (Å²) in [5.41, 5.74) is 1.42. The number of nitrogens with zero attached hydrogens (tertiary/aromatic N) is 2. The minimum atomic E-state index is -1.09. The van der Waals surface area contributed by atoms with E-state index in [1.807, 2.05) is 36.4 Å². The van der Waals surface area contributed by atoms with Gasteiger partial charge in [-0.15, -0.1) is 0 Å². The standard InChI is InChI=1S/C21H18N2O5/c24-21(25)16-9-10-22-19(11-16)20(23-26)14-28-18-8-4-7-17(12-18)27-13-15-5-2-1-3-6-15/h1-12,26H,13-14H2,(H,24,25)/b23-20+. The molecule has 0 aliphatic heterocycles. The second-order valence-electron chi connectivity index (χ2n) is 5.82. The molecule has 0 amide bonds. The molecule has 0 atom stereocenters. The number of carboxylic acid groups (broad SMARTS) is 1. The fourth-order valence-electron chi connectivity index (χ4n) is 2.42. The van der Waals surface area contributed by atoms with E-state index in [-0.39, 0.29) is 23.6 Å². The molecule has 3 rings (SSSR count). The zero-order chi connectivity index (χ0) is 19.8. The van der Waals surface area contributed by atoms with E-state index >= 15 is 0 Å². The normalized spacial score (nSPS) is 11.1. The highest BCUT2D eigenvalue weighted by atomic mass is 16.5. The summed E-state index contributed by atoms with van der Waals surface area (Å²) < 4.78 is 11.4. The Balaban J connectivity index is 1.63. The highest BCUT2D eigenvalue weighted by Crippen LogP contribution is 2.21. The lowest BCUT2D eigenvalue weighted by atomic mass is 10.2. The molecule has 0 unspecified atom stereocenters. The van der Waals surface area contributed by atoms with Crippen molar-refractivity contribution in [1.82, 2.24) is 4.98 Å². The zero-order valence-corrected chi connectivity index (χ0v) is 14.9. The van der Waals surface area contributed by atoms with Crippen molar-refractivity contribution >= 4 is 11.7 Å². The largest absolute Gasteiger partial charge is 0.489 e. The third-order valence-corrected chi connectivity index (χ3v) is 3.85. The van der Waals surface area contributed by atoms with Crippen LogP contribution in [0.4, 0.5) is 0 Å². The third kappa shape index (κ3) is 5.07. The topological polar surface area (TPSA) is 101 Å². The van der Waals surface area contributed by atoms with Crippen LogP contribution in [0.15, 0.2) is 78.1 Å². The number of ether oxygens (including phenoxy) is 2. The Morgan fingerprint density at radius 3 is 2.43 bits per heavy atom. The van der Waals surface area contributed by atoms with Crippen LogP contribution in [0, 0.1) is 0 Å². The highest BCUT2D eigenvalue weighted by Gasteiger charge is 2.11. The lowest BCUT2D eigenvalue weighted by molar-refractivity contribution is 0.0696. The molecular formula is C21H18N2O5. The van der Waals surface area contributed by atoms with Crippen LogP contribution in [0.1, 0.15) is 21.6 Å². The fraction of sp³-hybridized carbons (Fsp3) is 0.0952. The summed E-state index contributed by atoms with van der Waals surface area (Å²) >= 11 is 0. The van der Waals surface area contributed by atoms with E-state index in [0.29, 0.717) is 18.1 Å². The maximum atomic E-state index is 11.1. The fourth-order valence-corrected chi connectivity index (χ4v) is 2.42. The average Bonchev–Trinajstić information content (AvgIpc) is 2.74. The number of hydrogen-bond donors (Lipinski definition) is 2. The predicted octanol–water partition coefficient (Wildman–Crippen LogP) is 3.62. The highest BCUT2D eigenvalue weighted by molar-refractivity contribution is 6.01. The number of aromatic nitrogens is 1. The molecule has 3 aromatic rings. The number of rotatable bonds is 8. The van der Waals surface area contributed by atoms with E-state index in [4.69, 9.17) is 14.6 Å². The number of hydrogen-bond acceptors (Lipinski definition) is 6. The first-order valence-electron chi connectivity index (χ1n) is 8.46. The van der Waals surface area contributed by atoms with Crippen molar-refractivity contribution < 1.29 is 24.6 Å². The summed E-state index contributed by atoms with van der Waals surface area (Å²) in [4.78, 5) is 15.1. The molecular weight excluding hydrogens is 360 g/mol. The molecule has 2 N–H and O–H groups in total. The summed E-state index contributed by atoms with van der Waals surface area (Å²) in [5, 5.41) is 21.5. The van der Waals surface area contributed by atoms with Gasteiger partial charge < -0.3 is 19.8 Å². The molecule has 28 heavy (non-hydrogen) atoms. The van der Waals surface area contributed by atoms with Gasteiger partial charge in [0, 0.05) is 12.3 Å². The molecule has 0 saturated carbocycles. The van der Waals surface area contributed by atoms with Gasteiger partial charge in [-0.05, 0) is 29.8 Å². The van der Waals surface area contributed by atoms with E-state index in [9.17, 15) is 10.0 Å². The molecule has 0 aliphatic carbocycles. The van der Waals surface area contributed by atoms with Gasteiger partial charge in [0.05, 0.1) is 11.3 Å². The van der Waals surface area contributed by atoms with Gasteiger partial charge >= 0.3 is 5.97 Å². The number of oxime groups is 1. The first-order valence-corrected chi connectivity index (χ1v) is 8.46. The Morgan fingerprint density at radius 1 is 0.964 bits per heavy atom. The Bertz CT molecular complexity index is 973. The molecule has 0 bridgehead atoms. The summed E-state index contributed by atoms with van der Waals surface area (Å²) in [6.45, 7) is 0.342. The molecule has 7 nitrogen and oxygen atoms in total. The Labute approximate surface area is 161 Å². The van der Waals surface area contributed by atoms with Gasteiger partial charge in [-0.3, -0.25) is 4.98 Å². The lowest BCUT2D eigenvalue weighted by Gasteiger charge is -2.10. The number of pyridine rings is 1. The summed E-state index contributed by atoms with van der Waals surface area (Å²) in [5.74, 6) is 0.0565. The number of carbonyl (C=O) groups is 1. The number of carboxylic acids is 1. The summed E-state index contributed by atoms with van der Waals surface area (Å²) in [7, 11) is 0. The Kier molecular flexibility index (Phi) is 6.20. The average molecular weight is 378 g/mol. The van der Waals surface area contributed by atoms with Crippen LogP contribution >= 0.6 is 0 Å². The van der Waals surface area contributed by atoms with E-state index < -0.39 is 5.97 Å². The van der Waals surface area contributed by atoms with E-state index in [0.717, 1.165) is 5.56 Å². The van der Waals surface area contributed by atoms with Gasteiger partial charge in [0.1, 0.15) is 30.4 Å². The van der Waals surface area contributed by atoms with Crippen molar-refractivity contribution in [3.8, 4) is 11.5 Å². The second kappa shape index (κ2) is 9.18. The minimum absolute atomic E-state index is 0.0439. The van der Waals surface area contributed by atoms with Gasteiger partial charge in [-0.2, -0.15) is 0 Å². The van der Waals surface area contributed by atoms with Crippen LogP contribution in [-0.2, 0) is 6.61 Å². The minimum Gasteiger partial charge on any atom is -0.489 e.